The van der Waals surface area contributed by atoms with Gasteiger partial charge in [0.2, 0.25) is 5.91 Å². The minimum atomic E-state index is -0.676. The standard InChI is InChI=1S/C20H21F2NO3/c1-4-26-19-11-14(5-9-18(19)25-3)6-10-20(24)23(2)13-15-7-8-16(21)12-17(15)22/h5-12H,4,13H2,1-3H3/b10-6+. The molecule has 0 saturated carbocycles. The molecular formula is C20H21F2NO3. The second kappa shape index (κ2) is 8.99. The number of likely N-dealkylation sites (N-methyl/N-ethyl adjacent to an activating group) is 1. The van der Waals surface area contributed by atoms with Crippen molar-refractivity contribution in [3.8, 4) is 11.5 Å². The van der Waals surface area contributed by atoms with Crippen LogP contribution in [0.4, 0.5) is 8.78 Å². The van der Waals surface area contributed by atoms with Crippen LogP contribution in [0.3, 0.4) is 0 Å². The van der Waals surface area contributed by atoms with Gasteiger partial charge < -0.3 is 14.4 Å². The predicted molar refractivity (Wildman–Crippen MR) is 96.0 cm³/mol. The van der Waals surface area contributed by atoms with Gasteiger partial charge in [0, 0.05) is 31.3 Å². The molecule has 0 aliphatic rings. The second-order valence-corrected chi connectivity index (χ2v) is 5.61. The number of carbonyl (C=O) groups excluding carboxylic acids is 1. The number of hydrogen-bond donors (Lipinski definition) is 0. The van der Waals surface area contributed by atoms with Gasteiger partial charge in [0.1, 0.15) is 11.6 Å². The summed E-state index contributed by atoms with van der Waals surface area (Å²) >= 11 is 0. The summed E-state index contributed by atoms with van der Waals surface area (Å²) in [7, 11) is 3.11. The highest BCUT2D eigenvalue weighted by Crippen LogP contribution is 2.28. The Morgan fingerprint density at radius 1 is 1.15 bits per heavy atom. The Morgan fingerprint density at radius 3 is 2.58 bits per heavy atom. The van der Waals surface area contributed by atoms with Crippen molar-refractivity contribution in [3.63, 3.8) is 0 Å². The number of benzene rings is 2. The van der Waals surface area contributed by atoms with Gasteiger partial charge in [-0.1, -0.05) is 12.1 Å². The molecule has 0 radical (unpaired) electrons. The lowest BCUT2D eigenvalue weighted by molar-refractivity contribution is -0.125. The van der Waals surface area contributed by atoms with Crippen LogP contribution in [0.15, 0.2) is 42.5 Å². The lowest BCUT2D eigenvalue weighted by Gasteiger charge is -2.15. The summed E-state index contributed by atoms with van der Waals surface area (Å²) in [4.78, 5) is 13.6. The van der Waals surface area contributed by atoms with Gasteiger partial charge in [0.25, 0.3) is 0 Å². The van der Waals surface area contributed by atoms with Gasteiger partial charge in [-0.05, 0) is 36.8 Å². The van der Waals surface area contributed by atoms with Crippen LogP contribution < -0.4 is 9.47 Å². The van der Waals surface area contributed by atoms with E-state index >= 15 is 0 Å². The third-order valence-electron chi connectivity index (χ3n) is 3.70. The lowest BCUT2D eigenvalue weighted by Crippen LogP contribution is -2.24. The number of rotatable bonds is 7. The van der Waals surface area contributed by atoms with Crippen molar-refractivity contribution in [2.45, 2.75) is 13.5 Å². The molecule has 0 bridgehead atoms. The molecule has 2 rings (SSSR count). The highest BCUT2D eigenvalue weighted by atomic mass is 19.1. The topological polar surface area (TPSA) is 38.8 Å². The zero-order valence-electron chi connectivity index (χ0n) is 15.0. The molecule has 26 heavy (non-hydrogen) atoms. The van der Waals surface area contributed by atoms with Crippen LogP contribution in [0, 0.1) is 11.6 Å². The van der Waals surface area contributed by atoms with E-state index in [-0.39, 0.29) is 18.0 Å². The van der Waals surface area contributed by atoms with Gasteiger partial charge >= 0.3 is 0 Å². The molecule has 0 heterocycles. The number of carbonyl (C=O) groups is 1. The lowest BCUT2D eigenvalue weighted by atomic mass is 10.1. The molecule has 1 amide bonds. The molecule has 0 spiro atoms. The van der Waals surface area contributed by atoms with E-state index in [4.69, 9.17) is 9.47 Å². The van der Waals surface area contributed by atoms with Crippen molar-refractivity contribution in [1.29, 1.82) is 0 Å². The Kier molecular flexibility index (Phi) is 6.72. The van der Waals surface area contributed by atoms with Crippen molar-refractivity contribution < 1.29 is 23.0 Å². The minimum absolute atomic E-state index is 0.0437. The smallest absolute Gasteiger partial charge is 0.246 e. The molecule has 0 saturated heterocycles. The fourth-order valence-corrected chi connectivity index (χ4v) is 2.34. The highest BCUT2D eigenvalue weighted by Gasteiger charge is 2.10. The maximum atomic E-state index is 13.7. The fourth-order valence-electron chi connectivity index (χ4n) is 2.34. The van der Waals surface area contributed by atoms with Gasteiger partial charge in [-0.2, -0.15) is 0 Å². The van der Waals surface area contributed by atoms with Crippen molar-refractivity contribution in [2.75, 3.05) is 20.8 Å². The number of halogens is 2. The molecule has 0 atom stereocenters. The van der Waals surface area contributed by atoms with Crippen molar-refractivity contribution in [2.24, 2.45) is 0 Å². The van der Waals surface area contributed by atoms with Gasteiger partial charge in [-0.15, -0.1) is 0 Å². The molecule has 0 unspecified atom stereocenters. The van der Waals surface area contributed by atoms with Crippen molar-refractivity contribution in [1.82, 2.24) is 4.90 Å². The molecule has 0 N–H and O–H groups in total. The van der Waals surface area contributed by atoms with E-state index in [2.05, 4.69) is 0 Å². The molecule has 4 nitrogen and oxygen atoms in total. The van der Waals surface area contributed by atoms with Crippen LogP contribution in [0.2, 0.25) is 0 Å². The molecule has 138 valence electrons. The van der Waals surface area contributed by atoms with Gasteiger partial charge in [-0.3, -0.25) is 4.79 Å². The van der Waals surface area contributed by atoms with Crippen LogP contribution in [-0.2, 0) is 11.3 Å². The van der Waals surface area contributed by atoms with Crippen LogP contribution >= 0.6 is 0 Å². The first-order chi connectivity index (χ1) is 12.4. The maximum absolute atomic E-state index is 13.7. The Morgan fingerprint density at radius 2 is 1.92 bits per heavy atom. The largest absolute Gasteiger partial charge is 0.493 e. The summed E-state index contributed by atoms with van der Waals surface area (Å²) in [5.41, 5.74) is 1.02. The number of hydrogen-bond acceptors (Lipinski definition) is 3. The molecule has 0 aliphatic carbocycles. The first kappa shape index (κ1) is 19.4. The zero-order chi connectivity index (χ0) is 19.1. The van der Waals surface area contributed by atoms with E-state index in [1.165, 1.54) is 23.1 Å². The summed E-state index contributed by atoms with van der Waals surface area (Å²) in [5.74, 6) is -0.428. The normalized spacial score (nSPS) is 10.8. The van der Waals surface area contributed by atoms with Crippen LogP contribution in [0.5, 0.6) is 11.5 Å². The average molecular weight is 361 g/mol. The van der Waals surface area contributed by atoms with E-state index in [0.717, 1.165) is 11.6 Å². The zero-order valence-corrected chi connectivity index (χ0v) is 15.0. The third-order valence-corrected chi connectivity index (χ3v) is 3.70. The number of nitrogens with zero attached hydrogens (tertiary/aromatic N) is 1. The molecular weight excluding hydrogens is 340 g/mol. The first-order valence-electron chi connectivity index (χ1n) is 8.12. The minimum Gasteiger partial charge on any atom is -0.493 e. The van der Waals surface area contributed by atoms with Crippen molar-refractivity contribution >= 4 is 12.0 Å². The maximum Gasteiger partial charge on any atom is 0.246 e. The second-order valence-electron chi connectivity index (χ2n) is 5.61. The summed E-state index contributed by atoms with van der Waals surface area (Å²) in [6, 6.07) is 8.62. The molecule has 0 fully saturated rings. The van der Waals surface area contributed by atoms with E-state index in [1.807, 2.05) is 6.92 Å². The molecule has 2 aromatic rings. The number of methoxy groups -OCH3 is 1. The summed E-state index contributed by atoms with van der Waals surface area (Å²) in [6.45, 7) is 2.41. The predicted octanol–water partition coefficient (Wildman–Crippen LogP) is 4.04. The van der Waals surface area contributed by atoms with Gasteiger partial charge in [0.15, 0.2) is 11.5 Å². The number of ether oxygens (including phenoxy) is 2. The highest BCUT2D eigenvalue weighted by molar-refractivity contribution is 5.91. The van der Waals surface area contributed by atoms with Crippen LogP contribution in [-0.4, -0.2) is 31.6 Å². The number of amides is 1. The molecule has 2 aromatic carbocycles. The SMILES string of the molecule is CCOc1cc(/C=C/C(=O)N(C)Cc2ccc(F)cc2F)ccc1OC. The van der Waals surface area contributed by atoms with E-state index in [9.17, 15) is 13.6 Å². The quantitative estimate of drug-likeness (QED) is 0.699. The summed E-state index contributed by atoms with van der Waals surface area (Å²) in [5, 5.41) is 0. The third kappa shape index (κ3) is 5.05. The monoisotopic (exact) mass is 361 g/mol. The van der Waals surface area contributed by atoms with Gasteiger partial charge in [-0.25, -0.2) is 8.78 Å². The van der Waals surface area contributed by atoms with Crippen molar-refractivity contribution in [3.05, 3.63) is 65.2 Å². The van der Waals surface area contributed by atoms with E-state index < -0.39 is 11.6 Å². The Hall–Kier alpha value is -2.89. The Bertz CT molecular complexity index is 806. The fraction of sp³-hybridized carbons (Fsp3) is 0.250. The van der Waals surface area contributed by atoms with E-state index in [0.29, 0.717) is 18.1 Å². The molecule has 0 aromatic heterocycles. The van der Waals surface area contributed by atoms with Crippen LogP contribution in [0.1, 0.15) is 18.1 Å². The molecule has 6 heteroatoms. The molecule has 0 aliphatic heterocycles. The summed E-state index contributed by atoms with van der Waals surface area (Å²) < 4.78 is 37.3. The Labute approximate surface area is 151 Å². The first-order valence-corrected chi connectivity index (χ1v) is 8.12. The average Bonchev–Trinajstić information content (AvgIpc) is 2.62. The Balaban J connectivity index is 2.07. The van der Waals surface area contributed by atoms with Crippen LogP contribution in [0.25, 0.3) is 6.08 Å². The summed E-state index contributed by atoms with van der Waals surface area (Å²) in [6.07, 6.45) is 3.03. The van der Waals surface area contributed by atoms with E-state index in [1.54, 1.807) is 38.4 Å². The van der Waals surface area contributed by atoms with Gasteiger partial charge in [0.05, 0.1) is 13.7 Å².